The van der Waals surface area contributed by atoms with Crippen LogP contribution in [0.2, 0.25) is 0 Å². The molecule has 0 radical (unpaired) electrons. The first-order valence-electron chi connectivity index (χ1n) is 9.37. The third kappa shape index (κ3) is 12.2. The molecule has 1 fully saturated rings. The van der Waals surface area contributed by atoms with Crippen molar-refractivity contribution in [2.24, 2.45) is 0 Å². The number of ether oxygens (including phenoxy) is 2. The summed E-state index contributed by atoms with van der Waals surface area (Å²) in [5.74, 6) is 0. The summed E-state index contributed by atoms with van der Waals surface area (Å²) in [5.41, 5.74) is 0. The smallest absolute Gasteiger partial charge is 0.157 e. The molecule has 3 heteroatoms. The van der Waals surface area contributed by atoms with E-state index in [2.05, 4.69) is 12.2 Å². The first kappa shape index (κ1) is 19.6. The van der Waals surface area contributed by atoms with Gasteiger partial charge in [-0.2, -0.15) is 0 Å². The minimum atomic E-state index is -0.148. The van der Waals surface area contributed by atoms with E-state index in [9.17, 15) is 4.39 Å². The second kappa shape index (κ2) is 15.5. The summed E-state index contributed by atoms with van der Waals surface area (Å²) in [4.78, 5) is 0. The molecule has 0 aromatic carbocycles. The van der Waals surface area contributed by atoms with Gasteiger partial charge in [0.1, 0.15) is 0 Å². The number of unbranched alkanes of at least 4 members (excludes halogenated alkanes) is 8. The zero-order valence-electron chi connectivity index (χ0n) is 14.2. The monoisotopic (exact) mass is 314 g/mol. The van der Waals surface area contributed by atoms with Crippen molar-refractivity contribution in [3.8, 4) is 0 Å². The molecule has 1 rings (SSSR count). The second-order valence-electron chi connectivity index (χ2n) is 6.23. The highest BCUT2D eigenvalue weighted by atomic mass is 19.1. The lowest BCUT2D eigenvalue weighted by Crippen LogP contribution is -2.22. The van der Waals surface area contributed by atoms with Crippen molar-refractivity contribution >= 4 is 0 Å². The van der Waals surface area contributed by atoms with Gasteiger partial charge in [-0.1, -0.05) is 50.7 Å². The Bertz CT molecular complexity index is 250. The fraction of sp³-hybridized carbons (Fsp3) is 0.895. The largest absolute Gasteiger partial charge is 0.353 e. The van der Waals surface area contributed by atoms with Crippen LogP contribution in [0.25, 0.3) is 0 Å². The average Bonchev–Trinajstić information content (AvgIpc) is 2.56. The van der Waals surface area contributed by atoms with Crippen molar-refractivity contribution in [3.05, 3.63) is 12.2 Å². The summed E-state index contributed by atoms with van der Waals surface area (Å²) < 4.78 is 23.1. The Balaban J connectivity index is 1.74. The molecule has 1 unspecified atom stereocenters. The Morgan fingerprint density at radius 1 is 0.864 bits per heavy atom. The minimum absolute atomic E-state index is 0.0482. The molecular formula is C19H35FO2. The highest BCUT2D eigenvalue weighted by molar-refractivity contribution is 4.81. The Kier molecular flexibility index (Phi) is 13.8. The van der Waals surface area contributed by atoms with Crippen LogP contribution in [0.1, 0.15) is 83.5 Å². The van der Waals surface area contributed by atoms with E-state index < -0.39 is 0 Å². The van der Waals surface area contributed by atoms with Crippen LogP contribution in [-0.4, -0.2) is 26.2 Å². The molecule has 130 valence electrons. The fourth-order valence-corrected chi connectivity index (χ4v) is 2.76. The lowest BCUT2D eigenvalue weighted by molar-refractivity contribution is -0.161. The maximum Gasteiger partial charge on any atom is 0.157 e. The maximum atomic E-state index is 11.9. The van der Waals surface area contributed by atoms with Gasteiger partial charge in [0.2, 0.25) is 0 Å². The number of alkyl halides is 1. The first-order valence-corrected chi connectivity index (χ1v) is 9.37. The van der Waals surface area contributed by atoms with Crippen molar-refractivity contribution in [2.45, 2.75) is 89.8 Å². The predicted molar refractivity (Wildman–Crippen MR) is 90.8 cm³/mol. The predicted octanol–water partition coefficient (Wildman–Crippen LogP) is 5.96. The minimum Gasteiger partial charge on any atom is -0.353 e. The van der Waals surface area contributed by atoms with Gasteiger partial charge in [0.25, 0.3) is 0 Å². The van der Waals surface area contributed by atoms with Gasteiger partial charge in [-0.3, -0.25) is 4.39 Å². The molecule has 0 spiro atoms. The molecular weight excluding hydrogens is 279 g/mol. The van der Waals surface area contributed by atoms with Crippen molar-refractivity contribution in [1.29, 1.82) is 0 Å². The Morgan fingerprint density at radius 2 is 1.55 bits per heavy atom. The van der Waals surface area contributed by atoms with E-state index in [-0.39, 0.29) is 13.0 Å². The van der Waals surface area contributed by atoms with E-state index in [1.54, 1.807) is 0 Å². The molecule has 0 bridgehead atoms. The Morgan fingerprint density at radius 3 is 2.23 bits per heavy atom. The third-order valence-electron chi connectivity index (χ3n) is 4.15. The Hall–Kier alpha value is -0.410. The molecule has 0 aliphatic carbocycles. The second-order valence-corrected chi connectivity index (χ2v) is 6.23. The van der Waals surface area contributed by atoms with Gasteiger partial charge in [0, 0.05) is 6.61 Å². The quantitative estimate of drug-likeness (QED) is 0.291. The van der Waals surface area contributed by atoms with Crippen LogP contribution in [0.5, 0.6) is 0 Å². The summed E-state index contributed by atoms with van der Waals surface area (Å²) in [6.45, 7) is 1.49. The molecule has 0 N–H and O–H groups in total. The zero-order chi connectivity index (χ0) is 15.7. The first-order chi connectivity index (χ1) is 10.9. The van der Waals surface area contributed by atoms with Crippen LogP contribution in [0.3, 0.4) is 0 Å². The van der Waals surface area contributed by atoms with Crippen molar-refractivity contribution in [1.82, 2.24) is 0 Å². The molecule has 1 aliphatic heterocycles. The van der Waals surface area contributed by atoms with Gasteiger partial charge in [0.15, 0.2) is 6.29 Å². The summed E-state index contributed by atoms with van der Waals surface area (Å²) >= 11 is 0. The van der Waals surface area contributed by atoms with Crippen molar-refractivity contribution in [3.63, 3.8) is 0 Å². The standard InChI is InChI=1S/C19H35FO2/c20-16-12-9-7-5-3-1-2-4-6-8-10-13-17-21-19-15-11-14-18-22-19/h8,10,19H,1-7,9,11-18H2/b10-8-. The van der Waals surface area contributed by atoms with Crippen LogP contribution >= 0.6 is 0 Å². The number of hydrogen-bond donors (Lipinski definition) is 0. The van der Waals surface area contributed by atoms with E-state index in [1.807, 2.05) is 0 Å². The third-order valence-corrected chi connectivity index (χ3v) is 4.15. The van der Waals surface area contributed by atoms with E-state index in [0.29, 0.717) is 0 Å². The molecule has 1 aliphatic rings. The maximum absolute atomic E-state index is 11.9. The number of rotatable bonds is 14. The van der Waals surface area contributed by atoms with Crippen LogP contribution in [0, 0.1) is 0 Å². The molecule has 1 atom stereocenters. The number of halogens is 1. The molecule has 0 saturated carbocycles. The van der Waals surface area contributed by atoms with E-state index >= 15 is 0 Å². The van der Waals surface area contributed by atoms with Crippen molar-refractivity contribution in [2.75, 3.05) is 19.9 Å². The average molecular weight is 314 g/mol. The normalized spacial score (nSPS) is 19.0. The van der Waals surface area contributed by atoms with Gasteiger partial charge in [-0.05, 0) is 44.9 Å². The molecule has 0 amide bonds. The topological polar surface area (TPSA) is 18.5 Å². The van der Waals surface area contributed by atoms with Crippen LogP contribution in [0.15, 0.2) is 12.2 Å². The zero-order valence-corrected chi connectivity index (χ0v) is 14.2. The van der Waals surface area contributed by atoms with E-state index in [0.717, 1.165) is 38.9 Å². The highest BCUT2D eigenvalue weighted by Crippen LogP contribution is 2.14. The summed E-state index contributed by atoms with van der Waals surface area (Å²) in [6, 6.07) is 0. The van der Waals surface area contributed by atoms with E-state index in [4.69, 9.17) is 9.47 Å². The molecule has 2 nitrogen and oxygen atoms in total. The van der Waals surface area contributed by atoms with Gasteiger partial charge in [-0.15, -0.1) is 0 Å². The SMILES string of the molecule is FCCCCCCCCCC/C=C\CCOC1CCCCO1. The summed E-state index contributed by atoms with van der Waals surface area (Å²) in [6.07, 6.45) is 19.7. The lowest BCUT2D eigenvalue weighted by atomic mass is 10.1. The molecule has 0 aromatic rings. The lowest BCUT2D eigenvalue weighted by Gasteiger charge is -2.22. The van der Waals surface area contributed by atoms with Crippen LogP contribution < -0.4 is 0 Å². The molecule has 1 heterocycles. The fourth-order valence-electron chi connectivity index (χ4n) is 2.76. The molecule has 1 saturated heterocycles. The number of hydrogen-bond acceptors (Lipinski definition) is 2. The Labute approximate surface area is 136 Å². The summed E-state index contributed by atoms with van der Waals surface area (Å²) in [7, 11) is 0. The number of allylic oxidation sites excluding steroid dienone is 1. The van der Waals surface area contributed by atoms with Gasteiger partial charge in [-0.25, -0.2) is 0 Å². The summed E-state index contributed by atoms with van der Waals surface area (Å²) in [5, 5.41) is 0. The molecule has 0 aromatic heterocycles. The van der Waals surface area contributed by atoms with E-state index in [1.165, 1.54) is 57.8 Å². The molecule has 22 heavy (non-hydrogen) atoms. The van der Waals surface area contributed by atoms with Gasteiger partial charge in [0.05, 0.1) is 13.3 Å². The van der Waals surface area contributed by atoms with Crippen LogP contribution in [-0.2, 0) is 9.47 Å². The highest BCUT2D eigenvalue weighted by Gasteiger charge is 2.12. The van der Waals surface area contributed by atoms with Crippen LogP contribution in [0.4, 0.5) is 4.39 Å². The van der Waals surface area contributed by atoms with Gasteiger partial charge >= 0.3 is 0 Å². The van der Waals surface area contributed by atoms with Gasteiger partial charge < -0.3 is 9.47 Å². The van der Waals surface area contributed by atoms with Crippen molar-refractivity contribution < 1.29 is 13.9 Å².